The van der Waals surface area contributed by atoms with Crippen LogP contribution in [0.1, 0.15) is 44.5 Å². The zero-order valence-electron chi connectivity index (χ0n) is 64.0. The summed E-state index contributed by atoms with van der Waals surface area (Å²) < 4.78 is 0. The van der Waals surface area contributed by atoms with E-state index in [1.165, 1.54) is 134 Å². The molecule has 22 rings (SSSR count). The van der Waals surface area contributed by atoms with Crippen molar-refractivity contribution < 1.29 is 0 Å². The molecule has 6 heterocycles. The fourth-order valence-electron chi connectivity index (χ4n) is 18.9. The second-order valence-electron chi connectivity index (χ2n) is 31.3. The van der Waals surface area contributed by atoms with Gasteiger partial charge in [-0.25, -0.2) is 0 Å². The molecule has 18 aromatic rings. The third kappa shape index (κ3) is 12.4. The molecule has 546 valence electrons. The summed E-state index contributed by atoms with van der Waals surface area (Å²) in [6.45, 7) is 0. The smallest absolute Gasteiger partial charge is 0.0886 e. The molecule has 0 saturated heterocycles. The van der Waals surface area contributed by atoms with Gasteiger partial charge in [-0.2, -0.15) is 0 Å². The maximum atomic E-state index is 5.25. The predicted molar refractivity (Wildman–Crippen MR) is 475 cm³/mol. The van der Waals surface area contributed by atoms with Gasteiger partial charge in [0.1, 0.15) is 0 Å². The maximum Gasteiger partial charge on any atom is 0.0886 e. The van der Waals surface area contributed by atoms with Crippen LogP contribution >= 0.6 is 0 Å². The van der Waals surface area contributed by atoms with Crippen LogP contribution in [-0.4, -0.2) is 29.9 Å². The van der Waals surface area contributed by atoms with Crippen LogP contribution in [0, 0.1) is 0 Å². The normalized spacial score (nSPS) is 12.7. The van der Waals surface area contributed by atoms with E-state index in [0.29, 0.717) is 0 Å². The molecule has 0 fully saturated rings. The highest BCUT2D eigenvalue weighted by Crippen LogP contribution is 2.49. The van der Waals surface area contributed by atoms with Crippen LogP contribution in [0.4, 0.5) is 0 Å². The van der Waals surface area contributed by atoms with Crippen LogP contribution in [0.15, 0.2) is 365 Å². The molecule has 0 spiro atoms. The van der Waals surface area contributed by atoms with Gasteiger partial charge < -0.3 is 0 Å². The van der Waals surface area contributed by atoms with Crippen molar-refractivity contribution in [1.29, 1.82) is 0 Å². The molecule has 0 radical (unpaired) electrons. The Morgan fingerprint density at radius 2 is 0.336 bits per heavy atom. The van der Waals surface area contributed by atoms with Crippen molar-refractivity contribution in [3.8, 4) is 190 Å². The van der Waals surface area contributed by atoms with E-state index in [9.17, 15) is 0 Å². The van der Waals surface area contributed by atoms with Crippen LogP contribution in [0.25, 0.3) is 190 Å². The first-order valence-corrected chi connectivity index (χ1v) is 40.6. The van der Waals surface area contributed by atoms with Crippen LogP contribution in [0.2, 0.25) is 0 Å². The number of nitrogens with zero attached hydrogens (tertiary/aromatic N) is 6. The Morgan fingerprint density at radius 3 is 0.552 bits per heavy atom. The predicted octanol–water partition coefficient (Wildman–Crippen LogP) is 26.8. The Bertz CT molecular complexity index is 6230. The average Bonchev–Trinajstić information content (AvgIpc) is 0.767. The first kappa shape index (κ1) is 68.4. The van der Waals surface area contributed by atoms with Crippen LogP contribution < -0.4 is 0 Å². The number of benzene rings is 12. The molecule has 6 heteroatoms. The largest absolute Gasteiger partial charge is 0.256 e. The Labute approximate surface area is 676 Å². The van der Waals surface area contributed by atoms with Crippen molar-refractivity contribution in [3.63, 3.8) is 0 Å². The fraction of sp³-hybridized carbons (Fsp3) is 0.0727. The third-order valence-corrected chi connectivity index (χ3v) is 24.6. The molecule has 0 N–H and O–H groups in total. The number of aromatic nitrogens is 6. The SMILES string of the molecule is c1cnc2c(c1)CCc1cc(-c3ccccc3-c3cc(-c4ccccc4-c4ccc(-c5ccc(-c6ccccc6-c6cc(-c7ccccc7-c7ccc8c(c7)CCc7cccnc7-8)cc(-c7ccccc7-c7ccc8c(c7)CCc7cccnc7-8)c6)cn5)nc4)cc(-c4ccccc4-c4ccc5c(c4)CCc4cccnc4-5)c3)ccc1-2. The molecule has 0 unspecified atom stereocenters. The molecule has 6 aromatic heterocycles. The van der Waals surface area contributed by atoms with Gasteiger partial charge in [0.2, 0.25) is 0 Å². The van der Waals surface area contributed by atoms with Gasteiger partial charge in [0.05, 0.1) is 34.2 Å². The third-order valence-electron chi connectivity index (χ3n) is 24.6. The summed E-state index contributed by atoms with van der Waals surface area (Å²) in [7, 11) is 0. The molecular formula is C110H76N6. The van der Waals surface area contributed by atoms with Gasteiger partial charge in [-0.1, -0.05) is 255 Å². The van der Waals surface area contributed by atoms with Gasteiger partial charge in [-0.15, -0.1) is 0 Å². The van der Waals surface area contributed by atoms with Crippen LogP contribution in [0.3, 0.4) is 0 Å². The van der Waals surface area contributed by atoms with Gasteiger partial charge in [-0.05, 0) is 291 Å². The van der Waals surface area contributed by atoms with E-state index in [-0.39, 0.29) is 0 Å². The summed E-state index contributed by atoms with van der Waals surface area (Å²) in [6, 6.07) is 122. The summed E-state index contributed by atoms with van der Waals surface area (Å²) in [5, 5.41) is 0. The van der Waals surface area contributed by atoms with Crippen molar-refractivity contribution in [1.82, 2.24) is 29.9 Å². The molecule has 0 aliphatic heterocycles. The highest BCUT2D eigenvalue weighted by Gasteiger charge is 2.26. The molecule has 0 saturated carbocycles. The summed E-state index contributed by atoms with van der Waals surface area (Å²) in [5.74, 6) is 0. The topological polar surface area (TPSA) is 77.3 Å². The molecule has 0 amide bonds. The quantitative estimate of drug-likeness (QED) is 0.114. The number of hydrogen-bond donors (Lipinski definition) is 0. The van der Waals surface area contributed by atoms with Crippen molar-refractivity contribution in [3.05, 3.63) is 409 Å². The lowest BCUT2D eigenvalue weighted by Gasteiger charge is -2.21. The lowest BCUT2D eigenvalue weighted by molar-refractivity contribution is 0.928. The Kier molecular flexibility index (Phi) is 17.1. The fourth-order valence-corrected chi connectivity index (χ4v) is 18.9. The van der Waals surface area contributed by atoms with Gasteiger partial charge in [0.25, 0.3) is 0 Å². The molecule has 116 heavy (non-hydrogen) atoms. The summed E-state index contributed by atoms with van der Waals surface area (Å²) in [5.41, 5.74) is 49.0. The number of hydrogen-bond acceptors (Lipinski definition) is 6. The van der Waals surface area contributed by atoms with E-state index < -0.39 is 0 Å². The van der Waals surface area contributed by atoms with E-state index in [4.69, 9.17) is 29.9 Å². The highest BCUT2D eigenvalue weighted by molar-refractivity contribution is 5.98. The number of aryl methyl sites for hydroxylation is 8. The minimum Gasteiger partial charge on any atom is -0.256 e. The van der Waals surface area contributed by atoms with E-state index in [1.54, 1.807) is 0 Å². The standard InChI is InChI=1S/C110H76N6/c1-7-27-95(89(21-1)73-41-47-101-77(57-73)37-33-69-17-13-53-111-107(69)101)83-61-84(96-28-8-2-22-90(96)74-42-48-102-78(58-74)38-34-70-18-14-54-112-108(70)102)64-87(63-83)99-31-11-5-25-93(99)81-45-51-105(115-67-81)106-52-46-82(68-116-106)94-26-6-12-32-100(94)88-65-85(97-29-9-3-23-91(97)75-43-49-103-79(59-75)39-35-71-19-15-55-113-109(71)103)62-86(66-88)98-30-10-4-24-92(98)76-44-50-104-80(60-76)40-36-72-20-16-56-114-110(72)104/h1-32,41-68H,33-40H2. The zero-order chi connectivity index (χ0) is 76.6. The number of rotatable bonds is 13. The van der Waals surface area contributed by atoms with E-state index in [1.807, 2.05) is 37.2 Å². The van der Waals surface area contributed by atoms with Crippen molar-refractivity contribution in [2.45, 2.75) is 51.4 Å². The molecule has 0 bridgehead atoms. The molecule has 4 aliphatic rings. The monoisotopic (exact) mass is 1480 g/mol. The molecule has 0 atom stereocenters. The van der Waals surface area contributed by atoms with Gasteiger partial charge in [0, 0.05) is 70.6 Å². The maximum absolute atomic E-state index is 5.25. The number of fused-ring (bicyclic) bond motifs is 12. The second-order valence-corrected chi connectivity index (χ2v) is 31.3. The average molecular weight is 1480 g/mol. The Balaban J connectivity index is 0.616. The minimum atomic E-state index is 0.796. The van der Waals surface area contributed by atoms with E-state index >= 15 is 0 Å². The zero-order valence-corrected chi connectivity index (χ0v) is 64.0. The summed E-state index contributed by atoms with van der Waals surface area (Å²) in [4.78, 5) is 30.0. The van der Waals surface area contributed by atoms with Crippen molar-refractivity contribution in [2.75, 3.05) is 0 Å². The minimum absolute atomic E-state index is 0.796. The first-order valence-electron chi connectivity index (χ1n) is 40.6. The highest BCUT2D eigenvalue weighted by atomic mass is 14.8. The summed E-state index contributed by atoms with van der Waals surface area (Å²) >= 11 is 0. The van der Waals surface area contributed by atoms with E-state index in [2.05, 4.69) is 328 Å². The van der Waals surface area contributed by atoms with Gasteiger partial charge in [-0.3, -0.25) is 29.9 Å². The van der Waals surface area contributed by atoms with Gasteiger partial charge >= 0.3 is 0 Å². The summed E-state index contributed by atoms with van der Waals surface area (Å²) in [6.07, 6.45) is 19.5. The van der Waals surface area contributed by atoms with E-state index in [0.717, 1.165) is 152 Å². The van der Waals surface area contributed by atoms with Crippen molar-refractivity contribution in [2.24, 2.45) is 0 Å². The molecule has 6 nitrogen and oxygen atoms in total. The molecular weight excluding hydrogens is 1410 g/mol. The van der Waals surface area contributed by atoms with Crippen LogP contribution in [-0.2, 0) is 51.4 Å². The van der Waals surface area contributed by atoms with Crippen LogP contribution in [0.5, 0.6) is 0 Å². The van der Waals surface area contributed by atoms with Crippen molar-refractivity contribution >= 4 is 0 Å². The lowest BCUT2D eigenvalue weighted by Crippen LogP contribution is -2.05. The number of pyridine rings is 6. The lowest BCUT2D eigenvalue weighted by atomic mass is 9.84. The Morgan fingerprint density at radius 1 is 0.138 bits per heavy atom. The second kappa shape index (κ2) is 28.9. The first-order chi connectivity index (χ1) is 57.5. The Hall–Kier alpha value is -14.5. The molecule has 4 aliphatic carbocycles. The molecule has 12 aromatic carbocycles. The van der Waals surface area contributed by atoms with Gasteiger partial charge in [0.15, 0.2) is 0 Å².